The van der Waals surface area contributed by atoms with Crippen LogP contribution in [0.5, 0.6) is 0 Å². The summed E-state index contributed by atoms with van der Waals surface area (Å²) < 4.78 is 28.0. The Morgan fingerprint density at radius 2 is 1.50 bits per heavy atom. The van der Waals surface area contributed by atoms with Gasteiger partial charge in [-0.15, -0.1) is 0 Å². The van der Waals surface area contributed by atoms with Crippen LogP contribution in [0.2, 0.25) is 10.0 Å². The molecular weight excluding hydrogens is 491 g/mol. The van der Waals surface area contributed by atoms with Gasteiger partial charge in [0.1, 0.15) is 4.90 Å². The molecule has 1 aliphatic rings. The number of carbonyl (C=O) groups is 1. The first-order valence-electron chi connectivity index (χ1n) is 11.2. The molecule has 0 spiro atoms. The standard InChI is InChI=1S/C26H26Cl2N2O3S/c27-23-13-14-24(28)25(16-23)34(32,33)30-15-7-12-22(19-30)26(31)29(17-20-8-3-1-4-9-20)18-21-10-5-2-6-11-21/h1-6,8-11,13-14,16,22H,7,12,15,17-19H2/t22-/m1/s1. The smallest absolute Gasteiger partial charge is 0.244 e. The lowest BCUT2D eigenvalue weighted by molar-refractivity contribution is -0.138. The van der Waals surface area contributed by atoms with Crippen LogP contribution in [0.25, 0.3) is 0 Å². The van der Waals surface area contributed by atoms with Gasteiger partial charge in [0.15, 0.2) is 0 Å². The molecule has 34 heavy (non-hydrogen) atoms. The Morgan fingerprint density at radius 1 is 0.912 bits per heavy atom. The molecule has 0 radical (unpaired) electrons. The topological polar surface area (TPSA) is 57.7 Å². The molecule has 0 saturated carbocycles. The molecule has 1 amide bonds. The molecule has 5 nitrogen and oxygen atoms in total. The van der Waals surface area contributed by atoms with Crippen LogP contribution in [0, 0.1) is 5.92 Å². The maximum Gasteiger partial charge on any atom is 0.244 e. The van der Waals surface area contributed by atoms with E-state index in [1.165, 1.54) is 16.4 Å². The quantitative estimate of drug-likeness (QED) is 0.409. The molecule has 0 unspecified atom stereocenters. The molecule has 0 aliphatic carbocycles. The summed E-state index contributed by atoms with van der Waals surface area (Å²) in [6.45, 7) is 1.37. The lowest BCUT2D eigenvalue weighted by Crippen LogP contribution is -2.46. The van der Waals surface area contributed by atoms with Crippen LogP contribution in [0.15, 0.2) is 83.8 Å². The average molecular weight is 517 g/mol. The molecule has 1 atom stereocenters. The number of hydrogen-bond donors (Lipinski definition) is 0. The highest BCUT2D eigenvalue weighted by atomic mass is 35.5. The summed E-state index contributed by atoms with van der Waals surface area (Å²) in [5.74, 6) is -0.487. The molecule has 0 bridgehead atoms. The Hall–Kier alpha value is -2.38. The highest BCUT2D eigenvalue weighted by molar-refractivity contribution is 7.89. The van der Waals surface area contributed by atoms with E-state index in [0.29, 0.717) is 37.5 Å². The minimum atomic E-state index is -3.88. The zero-order valence-corrected chi connectivity index (χ0v) is 20.9. The molecule has 0 N–H and O–H groups in total. The van der Waals surface area contributed by atoms with E-state index in [1.807, 2.05) is 65.6 Å². The second kappa shape index (κ2) is 10.9. The van der Waals surface area contributed by atoms with Crippen LogP contribution in [-0.4, -0.2) is 36.6 Å². The maximum atomic E-state index is 13.7. The van der Waals surface area contributed by atoms with Crippen LogP contribution in [-0.2, 0) is 27.9 Å². The van der Waals surface area contributed by atoms with Gasteiger partial charge in [0, 0.05) is 31.2 Å². The van der Waals surface area contributed by atoms with Crippen molar-refractivity contribution in [2.24, 2.45) is 5.92 Å². The summed E-state index contributed by atoms with van der Waals surface area (Å²) in [7, 11) is -3.88. The summed E-state index contributed by atoms with van der Waals surface area (Å²) in [5.41, 5.74) is 2.05. The number of carbonyl (C=O) groups excluding carboxylic acids is 1. The van der Waals surface area contributed by atoms with E-state index in [9.17, 15) is 13.2 Å². The summed E-state index contributed by atoms with van der Waals surface area (Å²) in [6.07, 6.45) is 1.23. The van der Waals surface area contributed by atoms with Crippen molar-refractivity contribution >= 4 is 39.1 Å². The van der Waals surface area contributed by atoms with Crippen LogP contribution in [0.4, 0.5) is 0 Å². The van der Waals surface area contributed by atoms with Gasteiger partial charge < -0.3 is 4.90 Å². The third-order valence-corrected chi connectivity index (χ3v) is 8.57. The van der Waals surface area contributed by atoms with Crippen LogP contribution in [0.1, 0.15) is 24.0 Å². The Balaban J connectivity index is 1.56. The fraction of sp³-hybridized carbons (Fsp3) is 0.269. The van der Waals surface area contributed by atoms with Gasteiger partial charge in [0.05, 0.1) is 10.9 Å². The molecule has 1 heterocycles. The SMILES string of the molecule is O=C([C@@H]1CCCN(S(=O)(=O)c2cc(Cl)ccc2Cl)C1)N(Cc1ccccc1)Cc1ccccc1. The normalized spacial score (nSPS) is 16.8. The number of nitrogens with zero attached hydrogens (tertiary/aromatic N) is 2. The molecule has 0 aromatic heterocycles. The maximum absolute atomic E-state index is 13.7. The molecule has 178 valence electrons. The second-order valence-electron chi connectivity index (χ2n) is 8.44. The lowest BCUT2D eigenvalue weighted by Gasteiger charge is -2.34. The van der Waals surface area contributed by atoms with Gasteiger partial charge in [0.2, 0.25) is 15.9 Å². The van der Waals surface area contributed by atoms with E-state index in [2.05, 4.69) is 0 Å². The minimum Gasteiger partial charge on any atom is -0.334 e. The number of benzene rings is 3. The van der Waals surface area contributed by atoms with E-state index < -0.39 is 15.9 Å². The van der Waals surface area contributed by atoms with E-state index in [0.717, 1.165) is 11.1 Å². The number of rotatable bonds is 7. The van der Waals surface area contributed by atoms with Crippen LogP contribution in [0.3, 0.4) is 0 Å². The van der Waals surface area contributed by atoms with Crippen molar-refractivity contribution in [1.82, 2.24) is 9.21 Å². The predicted octanol–water partition coefficient (Wildman–Crippen LogP) is 5.62. The van der Waals surface area contributed by atoms with E-state index >= 15 is 0 Å². The minimum absolute atomic E-state index is 0.0276. The summed E-state index contributed by atoms with van der Waals surface area (Å²) in [6, 6.07) is 24.0. The Morgan fingerprint density at radius 3 is 2.09 bits per heavy atom. The molecule has 1 aliphatic heterocycles. The van der Waals surface area contributed by atoms with E-state index in [-0.39, 0.29) is 22.4 Å². The van der Waals surface area contributed by atoms with Gasteiger partial charge in [-0.2, -0.15) is 4.31 Å². The van der Waals surface area contributed by atoms with Crippen molar-refractivity contribution in [2.75, 3.05) is 13.1 Å². The van der Waals surface area contributed by atoms with Gasteiger partial charge in [-0.25, -0.2) is 8.42 Å². The van der Waals surface area contributed by atoms with Gasteiger partial charge >= 0.3 is 0 Å². The Kier molecular flexibility index (Phi) is 7.94. The molecule has 4 rings (SSSR count). The number of sulfonamides is 1. The van der Waals surface area contributed by atoms with Crippen molar-refractivity contribution in [2.45, 2.75) is 30.8 Å². The van der Waals surface area contributed by atoms with Crippen LogP contribution < -0.4 is 0 Å². The second-order valence-corrected chi connectivity index (χ2v) is 11.2. The zero-order chi connectivity index (χ0) is 24.1. The highest BCUT2D eigenvalue weighted by Gasteiger charge is 2.36. The summed E-state index contributed by atoms with van der Waals surface area (Å²) in [4.78, 5) is 15.5. The fourth-order valence-electron chi connectivity index (χ4n) is 4.25. The first-order chi connectivity index (χ1) is 16.3. The Bertz CT molecular complexity index is 1200. The third kappa shape index (κ3) is 5.81. The van der Waals surface area contributed by atoms with Crippen molar-refractivity contribution < 1.29 is 13.2 Å². The van der Waals surface area contributed by atoms with E-state index in [1.54, 1.807) is 6.07 Å². The number of halogens is 2. The van der Waals surface area contributed by atoms with Gasteiger partial charge in [-0.3, -0.25) is 4.79 Å². The van der Waals surface area contributed by atoms with Crippen LogP contribution >= 0.6 is 23.2 Å². The molecule has 1 fully saturated rings. The third-order valence-electron chi connectivity index (χ3n) is 5.99. The fourth-order valence-corrected chi connectivity index (χ4v) is 6.51. The summed E-state index contributed by atoms with van der Waals surface area (Å²) >= 11 is 12.2. The van der Waals surface area contributed by atoms with Crippen molar-refractivity contribution in [3.8, 4) is 0 Å². The van der Waals surface area contributed by atoms with E-state index in [4.69, 9.17) is 23.2 Å². The molecule has 1 saturated heterocycles. The number of hydrogen-bond acceptors (Lipinski definition) is 3. The largest absolute Gasteiger partial charge is 0.334 e. The molecular formula is C26H26Cl2N2O3S. The molecule has 3 aromatic carbocycles. The lowest BCUT2D eigenvalue weighted by atomic mass is 9.97. The van der Waals surface area contributed by atoms with Gasteiger partial charge in [0.25, 0.3) is 0 Å². The Labute approximate surface area is 211 Å². The summed E-state index contributed by atoms with van der Waals surface area (Å²) in [5, 5.41) is 0.414. The first-order valence-corrected chi connectivity index (χ1v) is 13.4. The van der Waals surface area contributed by atoms with Crippen molar-refractivity contribution in [1.29, 1.82) is 0 Å². The zero-order valence-electron chi connectivity index (χ0n) is 18.6. The van der Waals surface area contributed by atoms with Crippen molar-refractivity contribution in [3.63, 3.8) is 0 Å². The first kappa shape index (κ1) is 24.7. The molecule has 3 aromatic rings. The van der Waals surface area contributed by atoms with Gasteiger partial charge in [-0.05, 0) is 42.2 Å². The van der Waals surface area contributed by atoms with Crippen molar-refractivity contribution in [3.05, 3.63) is 100 Å². The average Bonchev–Trinajstić information content (AvgIpc) is 2.86. The highest BCUT2D eigenvalue weighted by Crippen LogP contribution is 2.31. The number of amides is 1. The predicted molar refractivity (Wildman–Crippen MR) is 135 cm³/mol. The van der Waals surface area contributed by atoms with Gasteiger partial charge in [-0.1, -0.05) is 83.9 Å². The molecule has 8 heteroatoms. The number of piperidine rings is 1. The monoisotopic (exact) mass is 516 g/mol.